The summed E-state index contributed by atoms with van der Waals surface area (Å²) in [7, 11) is 0. The molecule has 0 spiro atoms. The number of aromatic nitrogens is 2. The second-order valence-electron chi connectivity index (χ2n) is 4.34. The number of carbonyl (C=O) groups is 2. The molecule has 1 heterocycles. The maximum Gasteiger partial charge on any atom is 0.335 e. The molecule has 7 nitrogen and oxygen atoms in total. The molecule has 0 unspecified atom stereocenters. The Hall–Kier alpha value is -2.96. The summed E-state index contributed by atoms with van der Waals surface area (Å²) in [5.41, 5.74) is 1.95. The lowest BCUT2D eigenvalue weighted by Crippen LogP contribution is -2.28. The molecule has 1 aromatic carbocycles. The molecule has 0 bridgehead atoms. The first-order valence-corrected chi connectivity index (χ1v) is 6.20. The third-order valence-corrected chi connectivity index (χ3v) is 2.63. The topological polar surface area (TPSA) is 104 Å². The molecule has 7 heteroatoms. The number of carbonyl (C=O) groups excluding carboxylic acids is 1. The van der Waals surface area contributed by atoms with Crippen molar-refractivity contribution in [2.45, 2.75) is 13.5 Å². The van der Waals surface area contributed by atoms with E-state index in [-0.39, 0.29) is 12.1 Å². The van der Waals surface area contributed by atoms with Crippen LogP contribution in [0.15, 0.2) is 36.7 Å². The van der Waals surface area contributed by atoms with Gasteiger partial charge in [-0.15, -0.1) is 0 Å². The van der Waals surface area contributed by atoms with Gasteiger partial charge >= 0.3 is 12.0 Å². The third-order valence-electron chi connectivity index (χ3n) is 2.63. The van der Waals surface area contributed by atoms with Gasteiger partial charge in [-0.3, -0.25) is 9.97 Å². The summed E-state index contributed by atoms with van der Waals surface area (Å²) >= 11 is 0. The molecular formula is C14H14N4O3. The van der Waals surface area contributed by atoms with Gasteiger partial charge in [-0.25, -0.2) is 9.59 Å². The number of aryl methyl sites for hydroxylation is 1. The number of benzene rings is 1. The van der Waals surface area contributed by atoms with Crippen molar-refractivity contribution in [2.75, 3.05) is 5.32 Å². The van der Waals surface area contributed by atoms with E-state index in [1.54, 1.807) is 24.5 Å². The lowest BCUT2D eigenvalue weighted by atomic mass is 10.2. The third kappa shape index (κ3) is 4.27. The average Bonchev–Trinajstić information content (AvgIpc) is 2.47. The molecule has 3 N–H and O–H groups in total. The van der Waals surface area contributed by atoms with Crippen molar-refractivity contribution in [3.8, 4) is 0 Å². The lowest BCUT2D eigenvalue weighted by molar-refractivity contribution is 0.0697. The van der Waals surface area contributed by atoms with Crippen LogP contribution < -0.4 is 10.6 Å². The van der Waals surface area contributed by atoms with E-state index < -0.39 is 12.0 Å². The summed E-state index contributed by atoms with van der Waals surface area (Å²) in [5, 5.41) is 14.0. The molecule has 0 aliphatic heterocycles. The van der Waals surface area contributed by atoms with E-state index in [0.717, 1.165) is 5.69 Å². The number of aromatic carboxylic acids is 1. The summed E-state index contributed by atoms with van der Waals surface area (Å²) in [6, 6.07) is 5.56. The minimum atomic E-state index is -1.05. The number of nitrogens with zero attached hydrogens (tertiary/aromatic N) is 2. The van der Waals surface area contributed by atoms with E-state index in [2.05, 4.69) is 20.6 Å². The van der Waals surface area contributed by atoms with E-state index in [9.17, 15) is 9.59 Å². The van der Waals surface area contributed by atoms with Crippen LogP contribution in [0.25, 0.3) is 0 Å². The van der Waals surface area contributed by atoms with Crippen LogP contribution >= 0.6 is 0 Å². The van der Waals surface area contributed by atoms with E-state index in [1.165, 1.54) is 12.1 Å². The van der Waals surface area contributed by atoms with Crippen molar-refractivity contribution >= 4 is 17.7 Å². The smallest absolute Gasteiger partial charge is 0.335 e. The standard InChI is InChI=1S/C14H14N4O3/c1-9-6-16-12(7-15-9)8-17-14(21)18-11-4-2-3-10(5-11)13(19)20/h2-7H,8H2,1H3,(H,19,20)(H2,17,18,21). The Balaban J connectivity index is 1.91. The quantitative estimate of drug-likeness (QED) is 0.795. The van der Waals surface area contributed by atoms with Crippen molar-refractivity contribution in [3.05, 3.63) is 53.6 Å². The number of carboxylic acid groups (broad SMARTS) is 1. The molecule has 2 rings (SSSR count). The number of amides is 2. The first kappa shape index (κ1) is 14.4. The molecule has 0 saturated carbocycles. The van der Waals surface area contributed by atoms with Crippen molar-refractivity contribution in [1.82, 2.24) is 15.3 Å². The Kier molecular flexibility index (Phi) is 4.45. The molecule has 2 amide bonds. The van der Waals surface area contributed by atoms with Crippen LogP contribution in [0, 0.1) is 6.92 Å². The van der Waals surface area contributed by atoms with E-state index in [1.807, 2.05) is 6.92 Å². The molecular weight excluding hydrogens is 272 g/mol. The zero-order valence-corrected chi connectivity index (χ0v) is 11.3. The van der Waals surface area contributed by atoms with Crippen molar-refractivity contribution in [1.29, 1.82) is 0 Å². The summed E-state index contributed by atoms with van der Waals surface area (Å²) in [6.07, 6.45) is 3.20. The normalized spacial score (nSPS) is 9.95. The molecule has 108 valence electrons. The van der Waals surface area contributed by atoms with Crippen LogP contribution in [0.5, 0.6) is 0 Å². The van der Waals surface area contributed by atoms with Crippen LogP contribution in [0.4, 0.5) is 10.5 Å². The maximum atomic E-state index is 11.7. The highest BCUT2D eigenvalue weighted by atomic mass is 16.4. The second kappa shape index (κ2) is 6.47. The Labute approximate surface area is 121 Å². The first-order valence-electron chi connectivity index (χ1n) is 6.20. The van der Waals surface area contributed by atoms with Crippen molar-refractivity contribution < 1.29 is 14.7 Å². The number of nitrogens with one attached hydrogen (secondary N) is 2. The number of hydrogen-bond donors (Lipinski definition) is 3. The highest BCUT2D eigenvalue weighted by Crippen LogP contribution is 2.10. The summed E-state index contributed by atoms with van der Waals surface area (Å²) in [4.78, 5) is 30.7. The molecule has 0 radical (unpaired) electrons. The van der Waals surface area contributed by atoms with Crippen molar-refractivity contribution in [3.63, 3.8) is 0 Å². The van der Waals surface area contributed by atoms with Crippen LogP contribution in [0.2, 0.25) is 0 Å². The van der Waals surface area contributed by atoms with E-state index >= 15 is 0 Å². The highest BCUT2D eigenvalue weighted by molar-refractivity contribution is 5.93. The van der Waals surface area contributed by atoms with Gasteiger partial charge in [0.05, 0.1) is 29.7 Å². The van der Waals surface area contributed by atoms with E-state index in [0.29, 0.717) is 11.4 Å². The lowest BCUT2D eigenvalue weighted by Gasteiger charge is -2.07. The largest absolute Gasteiger partial charge is 0.478 e. The van der Waals surface area contributed by atoms with Crippen LogP contribution in [-0.2, 0) is 6.54 Å². The minimum Gasteiger partial charge on any atom is -0.478 e. The number of hydrogen-bond acceptors (Lipinski definition) is 4. The highest BCUT2D eigenvalue weighted by Gasteiger charge is 2.06. The second-order valence-corrected chi connectivity index (χ2v) is 4.34. The van der Waals surface area contributed by atoms with Gasteiger partial charge in [0.25, 0.3) is 0 Å². The fourth-order valence-electron chi connectivity index (χ4n) is 1.59. The zero-order valence-electron chi connectivity index (χ0n) is 11.3. The minimum absolute atomic E-state index is 0.109. The van der Waals surface area contributed by atoms with Gasteiger partial charge in [0.1, 0.15) is 0 Å². The summed E-state index contributed by atoms with van der Waals surface area (Å²) < 4.78 is 0. The van der Waals surface area contributed by atoms with Gasteiger partial charge in [-0.1, -0.05) is 6.07 Å². The van der Waals surface area contributed by atoms with Gasteiger partial charge in [-0.05, 0) is 25.1 Å². The van der Waals surface area contributed by atoms with Gasteiger partial charge in [-0.2, -0.15) is 0 Å². The molecule has 0 atom stereocenters. The maximum absolute atomic E-state index is 11.7. The zero-order chi connectivity index (χ0) is 15.2. The Morgan fingerprint density at radius 2 is 2.05 bits per heavy atom. The molecule has 2 aromatic rings. The predicted octanol–water partition coefficient (Wildman–Crippen LogP) is 1.80. The van der Waals surface area contributed by atoms with Gasteiger partial charge in [0.2, 0.25) is 0 Å². The van der Waals surface area contributed by atoms with Gasteiger partial charge in [0.15, 0.2) is 0 Å². The molecule has 0 aliphatic rings. The number of rotatable bonds is 4. The van der Waals surface area contributed by atoms with Crippen molar-refractivity contribution in [2.24, 2.45) is 0 Å². The van der Waals surface area contributed by atoms with E-state index in [4.69, 9.17) is 5.11 Å². The molecule has 0 fully saturated rings. The molecule has 1 aromatic heterocycles. The number of anilines is 1. The Morgan fingerprint density at radius 3 is 2.71 bits per heavy atom. The monoisotopic (exact) mass is 286 g/mol. The summed E-state index contributed by atoms with van der Waals surface area (Å²) in [5.74, 6) is -1.05. The van der Waals surface area contributed by atoms with Crippen LogP contribution in [0.1, 0.15) is 21.7 Å². The van der Waals surface area contributed by atoms with Gasteiger partial charge in [0, 0.05) is 11.9 Å². The van der Waals surface area contributed by atoms with Crippen LogP contribution in [-0.4, -0.2) is 27.1 Å². The SMILES string of the molecule is Cc1cnc(CNC(=O)Nc2cccc(C(=O)O)c2)cn1. The number of urea groups is 1. The van der Waals surface area contributed by atoms with Crippen LogP contribution in [0.3, 0.4) is 0 Å². The average molecular weight is 286 g/mol. The predicted molar refractivity (Wildman–Crippen MR) is 76.0 cm³/mol. The molecule has 21 heavy (non-hydrogen) atoms. The Bertz CT molecular complexity index is 656. The number of carboxylic acids is 1. The Morgan fingerprint density at radius 1 is 1.24 bits per heavy atom. The first-order chi connectivity index (χ1) is 10.0. The fourth-order valence-corrected chi connectivity index (χ4v) is 1.59. The van der Waals surface area contributed by atoms with Gasteiger partial charge < -0.3 is 15.7 Å². The molecule has 0 aliphatic carbocycles. The molecule has 0 saturated heterocycles. The fraction of sp³-hybridized carbons (Fsp3) is 0.143. The summed E-state index contributed by atoms with van der Waals surface area (Å²) in [6.45, 7) is 2.06.